The summed E-state index contributed by atoms with van der Waals surface area (Å²) in [4.78, 5) is 12.2. The number of amides is 1. The largest absolute Gasteiger partial charge is 0.451 e. The molecule has 0 aliphatic heterocycles. The Labute approximate surface area is 121 Å². The molecule has 0 radical (unpaired) electrons. The molecule has 3 aromatic rings. The molecule has 3 rings (SSSR count). The van der Waals surface area contributed by atoms with Crippen LogP contribution in [0.5, 0.6) is 0 Å². The van der Waals surface area contributed by atoms with E-state index in [1.54, 1.807) is 35.1 Å². The first-order valence-corrected chi connectivity index (χ1v) is 6.69. The van der Waals surface area contributed by atoms with Crippen molar-refractivity contribution < 1.29 is 9.21 Å². The Hall–Kier alpha value is -2.76. The Morgan fingerprint density at radius 3 is 3.10 bits per heavy atom. The standard InChI is InChI=1S/C15H16N4O2/c1-10(9-19-6-2-5-17-19)18-15(20)14-8-11-7-12(16)3-4-13(11)21-14/h2-8,10H,9,16H2,1H3,(H,18,20). The van der Waals surface area contributed by atoms with Crippen LogP contribution >= 0.6 is 0 Å². The van der Waals surface area contributed by atoms with Gasteiger partial charge in [0, 0.05) is 29.5 Å². The summed E-state index contributed by atoms with van der Waals surface area (Å²) in [6.07, 6.45) is 3.56. The minimum absolute atomic E-state index is 0.0596. The lowest BCUT2D eigenvalue weighted by Gasteiger charge is -2.12. The molecule has 0 fully saturated rings. The third-order valence-corrected chi connectivity index (χ3v) is 3.16. The number of benzene rings is 1. The fourth-order valence-electron chi connectivity index (χ4n) is 2.20. The van der Waals surface area contributed by atoms with E-state index in [0.29, 0.717) is 17.8 Å². The Morgan fingerprint density at radius 1 is 1.48 bits per heavy atom. The average molecular weight is 284 g/mol. The van der Waals surface area contributed by atoms with Gasteiger partial charge < -0.3 is 15.5 Å². The van der Waals surface area contributed by atoms with Crippen molar-refractivity contribution in [2.24, 2.45) is 0 Å². The third-order valence-electron chi connectivity index (χ3n) is 3.16. The van der Waals surface area contributed by atoms with Gasteiger partial charge in [0.15, 0.2) is 5.76 Å². The highest BCUT2D eigenvalue weighted by atomic mass is 16.3. The van der Waals surface area contributed by atoms with Crippen molar-refractivity contribution >= 4 is 22.6 Å². The molecule has 0 saturated carbocycles. The number of carbonyl (C=O) groups is 1. The van der Waals surface area contributed by atoms with Gasteiger partial charge >= 0.3 is 0 Å². The number of rotatable bonds is 4. The summed E-state index contributed by atoms with van der Waals surface area (Å²) < 4.78 is 7.30. The number of nitrogens with one attached hydrogen (secondary N) is 1. The Morgan fingerprint density at radius 2 is 2.33 bits per heavy atom. The van der Waals surface area contributed by atoms with E-state index >= 15 is 0 Å². The number of hydrogen-bond donors (Lipinski definition) is 2. The van der Waals surface area contributed by atoms with E-state index in [-0.39, 0.29) is 17.7 Å². The molecule has 6 heteroatoms. The van der Waals surface area contributed by atoms with E-state index in [1.165, 1.54) is 0 Å². The highest BCUT2D eigenvalue weighted by Gasteiger charge is 2.15. The first-order valence-electron chi connectivity index (χ1n) is 6.69. The molecule has 2 heterocycles. The summed E-state index contributed by atoms with van der Waals surface area (Å²) in [6.45, 7) is 2.52. The first-order chi connectivity index (χ1) is 10.1. The molecule has 0 aliphatic carbocycles. The summed E-state index contributed by atoms with van der Waals surface area (Å²) in [5.74, 6) is 0.0346. The zero-order valence-corrected chi connectivity index (χ0v) is 11.6. The smallest absolute Gasteiger partial charge is 0.287 e. The zero-order valence-electron chi connectivity index (χ0n) is 11.6. The Kier molecular flexibility index (Phi) is 3.35. The molecule has 2 aromatic heterocycles. The molecule has 1 atom stereocenters. The van der Waals surface area contributed by atoms with Gasteiger partial charge in [0.25, 0.3) is 5.91 Å². The maximum Gasteiger partial charge on any atom is 0.287 e. The van der Waals surface area contributed by atoms with Crippen LogP contribution < -0.4 is 11.1 Å². The van der Waals surface area contributed by atoms with Crippen molar-refractivity contribution in [3.05, 3.63) is 48.5 Å². The van der Waals surface area contributed by atoms with Crippen LogP contribution in [-0.4, -0.2) is 21.7 Å². The van der Waals surface area contributed by atoms with Crippen LogP contribution in [-0.2, 0) is 6.54 Å². The number of nitrogens with zero attached hydrogens (tertiary/aromatic N) is 2. The highest BCUT2D eigenvalue weighted by molar-refractivity contribution is 5.96. The average Bonchev–Trinajstić information content (AvgIpc) is 3.06. The van der Waals surface area contributed by atoms with Gasteiger partial charge in [-0.1, -0.05) is 0 Å². The number of nitrogen functional groups attached to an aromatic ring is 1. The molecule has 1 amide bonds. The van der Waals surface area contributed by atoms with E-state index in [0.717, 1.165) is 5.39 Å². The molecular formula is C15H16N4O2. The minimum Gasteiger partial charge on any atom is -0.451 e. The van der Waals surface area contributed by atoms with Crippen molar-refractivity contribution in [1.82, 2.24) is 15.1 Å². The fourth-order valence-corrected chi connectivity index (χ4v) is 2.20. The predicted octanol–water partition coefficient (Wildman–Crippen LogP) is 2.03. The van der Waals surface area contributed by atoms with E-state index in [2.05, 4.69) is 10.4 Å². The van der Waals surface area contributed by atoms with E-state index in [1.807, 2.05) is 19.2 Å². The monoisotopic (exact) mass is 284 g/mol. The van der Waals surface area contributed by atoms with Crippen LogP contribution in [0.1, 0.15) is 17.5 Å². The number of nitrogens with two attached hydrogens (primary N) is 1. The molecule has 1 aromatic carbocycles. The molecular weight excluding hydrogens is 268 g/mol. The quantitative estimate of drug-likeness (QED) is 0.718. The molecule has 3 N–H and O–H groups in total. The maximum atomic E-state index is 12.2. The molecule has 108 valence electrons. The topological polar surface area (TPSA) is 86.1 Å². The van der Waals surface area contributed by atoms with Gasteiger partial charge in [-0.05, 0) is 37.3 Å². The molecule has 21 heavy (non-hydrogen) atoms. The van der Waals surface area contributed by atoms with Crippen LogP contribution in [0.15, 0.2) is 47.1 Å². The van der Waals surface area contributed by atoms with Crippen molar-refractivity contribution in [1.29, 1.82) is 0 Å². The van der Waals surface area contributed by atoms with Gasteiger partial charge in [0.2, 0.25) is 0 Å². The van der Waals surface area contributed by atoms with Crippen molar-refractivity contribution in [3.63, 3.8) is 0 Å². The third kappa shape index (κ3) is 2.89. The molecule has 1 unspecified atom stereocenters. The molecule has 6 nitrogen and oxygen atoms in total. The Balaban J connectivity index is 1.71. The second kappa shape index (κ2) is 5.32. The van der Waals surface area contributed by atoms with Gasteiger partial charge in [0.05, 0.1) is 6.54 Å². The lowest BCUT2D eigenvalue weighted by atomic mass is 10.2. The number of furan rings is 1. The normalized spacial score (nSPS) is 12.4. The summed E-state index contributed by atoms with van der Waals surface area (Å²) in [6, 6.07) is 8.76. The van der Waals surface area contributed by atoms with Gasteiger partial charge in [-0.25, -0.2) is 0 Å². The number of anilines is 1. The second-order valence-corrected chi connectivity index (χ2v) is 5.01. The SMILES string of the molecule is CC(Cn1cccn1)NC(=O)c1cc2cc(N)ccc2o1. The van der Waals surface area contributed by atoms with Crippen molar-refractivity contribution in [2.75, 3.05) is 5.73 Å². The summed E-state index contributed by atoms with van der Waals surface area (Å²) in [5.41, 5.74) is 7.00. The number of carbonyl (C=O) groups excluding carboxylic acids is 1. The second-order valence-electron chi connectivity index (χ2n) is 5.01. The molecule has 0 bridgehead atoms. The van der Waals surface area contributed by atoms with Gasteiger partial charge in [0.1, 0.15) is 5.58 Å². The minimum atomic E-state index is -0.246. The van der Waals surface area contributed by atoms with Gasteiger partial charge in [-0.2, -0.15) is 5.10 Å². The predicted molar refractivity (Wildman–Crippen MR) is 79.8 cm³/mol. The number of aromatic nitrogens is 2. The van der Waals surface area contributed by atoms with Gasteiger partial charge in [-0.3, -0.25) is 9.48 Å². The van der Waals surface area contributed by atoms with Crippen LogP contribution in [0.2, 0.25) is 0 Å². The van der Waals surface area contributed by atoms with Gasteiger partial charge in [-0.15, -0.1) is 0 Å². The summed E-state index contributed by atoms with van der Waals surface area (Å²) >= 11 is 0. The van der Waals surface area contributed by atoms with Crippen molar-refractivity contribution in [3.8, 4) is 0 Å². The van der Waals surface area contributed by atoms with Crippen LogP contribution in [0.4, 0.5) is 5.69 Å². The van der Waals surface area contributed by atoms with Crippen LogP contribution in [0.25, 0.3) is 11.0 Å². The van der Waals surface area contributed by atoms with E-state index < -0.39 is 0 Å². The van der Waals surface area contributed by atoms with E-state index in [9.17, 15) is 4.79 Å². The molecule has 0 spiro atoms. The zero-order chi connectivity index (χ0) is 14.8. The van der Waals surface area contributed by atoms with Crippen LogP contribution in [0, 0.1) is 0 Å². The molecule has 0 aliphatic rings. The van der Waals surface area contributed by atoms with Crippen molar-refractivity contribution in [2.45, 2.75) is 19.5 Å². The molecule has 0 saturated heterocycles. The number of fused-ring (bicyclic) bond motifs is 1. The summed E-state index contributed by atoms with van der Waals surface area (Å²) in [7, 11) is 0. The highest BCUT2D eigenvalue weighted by Crippen LogP contribution is 2.21. The van der Waals surface area contributed by atoms with Crippen LogP contribution in [0.3, 0.4) is 0 Å². The number of hydrogen-bond acceptors (Lipinski definition) is 4. The lowest BCUT2D eigenvalue weighted by Crippen LogP contribution is -2.35. The fraction of sp³-hybridized carbons (Fsp3) is 0.200. The summed E-state index contributed by atoms with van der Waals surface area (Å²) in [5, 5.41) is 7.81. The maximum absolute atomic E-state index is 12.2. The first kappa shape index (κ1) is 13.2. The Bertz CT molecular complexity index is 761. The van der Waals surface area contributed by atoms with E-state index in [4.69, 9.17) is 10.2 Å². The lowest BCUT2D eigenvalue weighted by molar-refractivity contribution is 0.0910.